The minimum absolute atomic E-state index is 0.0115. The number of benzene rings is 1. The molecule has 0 bridgehead atoms. The van der Waals surface area contributed by atoms with Crippen LogP contribution in [-0.4, -0.2) is 57.9 Å². The molecule has 0 radical (unpaired) electrons. The second-order valence-electron chi connectivity index (χ2n) is 8.79. The molecule has 0 spiro atoms. The van der Waals surface area contributed by atoms with Crippen molar-refractivity contribution in [3.8, 4) is 0 Å². The van der Waals surface area contributed by atoms with Crippen LogP contribution in [0.2, 0.25) is 0 Å². The summed E-state index contributed by atoms with van der Waals surface area (Å²) < 4.78 is 1.71. The monoisotopic (exact) mass is 445 g/mol. The third-order valence-corrected chi connectivity index (χ3v) is 6.66. The summed E-state index contributed by atoms with van der Waals surface area (Å²) in [5.41, 5.74) is 3.18. The first-order valence-corrected chi connectivity index (χ1v) is 11.5. The molecular weight excluding hydrogens is 418 g/mol. The highest BCUT2D eigenvalue weighted by Crippen LogP contribution is 2.30. The van der Waals surface area contributed by atoms with Gasteiger partial charge in [-0.1, -0.05) is 18.2 Å². The molecule has 2 N–H and O–H groups in total. The Balaban J connectivity index is 1.24. The molecule has 0 saturated carbocycles. The Labute approximate surface area is 192 Å². The first kappa shape index (κ1) is 21.2. The quantitative estimate of drug-likeness (QED) is 0.630. The lowest BCUT2D eigenvalue weighted by molar-refractivity contribution is -0.119. The standard InChI is InChI=1S/C25H27N5O3/c31-23-7-6-20(28-23)15-26-24(32)21-16-27-30-13-10-19(14-22(21)30)17-8-11-29(12-9-17)25(33)18-4-2-1-3-5-18/h1-5,10,13-14,16-17,20H,6-9,11-12,15H2,(H,26,32)(H,28,31)/t20-/m0/s1. The first-order chi connectivity index (χ1) is 16.1. The van der Waals surface area contributed by atoms with Gasteiger partial charge in [0.15, 0.2) is 0 Å². The van der Waals surface area contributed by atoms with Gasteiger partial charge in [0, 0.05) is 43.9 Å². The van der Waals surface area contributed by atoms with Crippen molar-refractivity contribution < 1.29 is 14.4 Å². The molecule has 2 saturated heterocycles. The number of pyridine rings is 1. The van der Waals surface area contributed by atoms with E-state index in [4.69, 9.17) is 0 Å². The summed E-state index contributed by atoms with van der Waals surface area (Å²) >= 11 is 0. The van der Waals surface area contributed by atoms with E-state index < -0.39 is 0 Å². The van der Waals surface area contributed by atoms with Crippen molar-refractivity contribution in [1.29, 1.82) is 0 Å². The Morgan fingerprint density at radius 3 is 2.61 bits per heavy atom. The molecule has 2 aliphatic rings. The lowest BCUT2D eigenvalue weighted by Gasteiger charge is -2.32. The second-order valence-corrected chi connectivity index (χ2v) is 8.79. The van der Waals surface area contributed by atoms with Crippen LogP contribution in [0.4, 0.5) is 0 Å². The zero-order valence-electron chi connectivity index (χ0n) is 18.4. The van der Waals surface area contributed by atoms with E-state index >= 15 is 0 Å². The highest BCUT2D eigenvalue weighted by atomic mass is 16.2. The molecule has 8 nitrogen and oxygen atoms in total. The van der Waals surface area contributed by atoms with Gasteiger partial charge in [-0.3, -0.25) is 14.4 Å². The summed E-state index contributed by atoms with van der Waals surface area (Å²) in [5, 5.41) is 10.1. The van der Waals surface area contributed by atoms with E-state index in [-0.39, 0.29) is 23.8 Å². The Morgan fingerprint density at radius 1 is 1.09 bits per heavy atom. The molecule has 2 aliphatic heterocycles. The van der Waals surface area contributed by atoms with E-state index in [0.717, 1.165) is 35.9 Å². The lowest BCUT2D eigenvalue weighted by Crippen LogP contribution is -2.38. The molecule has 170 valence electrons. The average molecular weight is 446 g/mol. The summed E-state index contributed by atoms with van der Waals surface area (Å²) in [6.45, 7) is 1.84. The van der Waals surface area contributed by atoms with Crippen molar-refractivity contribution in [2.45, 2.75) is 37.6 Å². The van der Waals surface area contributed by atoms with E-state index in [2.05, 4.69) is 21.8 Å². The first-order valence-electron chi connectivity index (χ1n) is 11.5. The number of piperidine rings is 1. The van der Waals surface area contributed by atoms with Gasteiger partial charge in [-0.25, -0.2) is 4.52 Å². The van der Waals surface area contributed by atoms with Crippen molar-refractivity contribution in [2.24, 2.45) is 0 Å². The van der Waals surface area contributed by atoms with Crippen LogP contribution >= 0.6 is 0 Å². The third kappa shape index (κ3) is 4.46. The van der Waals surface area contributed by atoms with E-state index in [0.29, 0.717) is 37.5 Å². The summed E-state index contributed by atoms with van der Waals surface area (Å²) in [6.07, 6.45) is 6.49. The van der Waals surface area contributed by atoms with Crippen molar-refractivity contribution in [1.82, 2.24) is 25.1 Å². The highest BCUT2D eigenvalue weighted by molar-refractivity contribution is 6.00. The van der Waals surface area contributed by atoms with Gasteiger partial charge in [0.2, 0.25) is 5.91 Å². The van der Waals surface area contributed by atoms with Crippen LogP contribution in [0.5, 0.6) is 0 Å². The summed E-state index contributed by atoms with van der Waals surface area (Å²) in [5.74, 6) is 0.255. The molecular formula is C25H27N5O3. The lowest BCUT2D eigenvalue weighted by atomic mass is 9.89. The number of carbonyl (C=O) groups excluding carboxylic acids is 3. The number of aromatic nitrogens is 2. The van der Waals surface area contributed by atoms with Crippen LogP contribution in [0, 0.1) is 0 Å². The maximum Gasteiger partial charge on any atom is 0.255 e. The molecule has 2 fully saturated rings. The molecule has 5 rings (SSSR count). The van der Waals surface area contributed by atoms with E-state index in [1.165, 1.54) is 0 Å². The largest absolute Gasteiger partial charge is 0.352 e. The van der Waals surface area contributed by atoms with Crippen LogP contribution < -0.4 is 10.6 Å². The molecule has 1 atom stereocenters. The maximum atomic E-state index is 12.8. The number of nitrogens with zero attached hydrogens (tertiary/aromatic N) is 3. The molecule has 33 heavy (non-hydrogen) atoms. The number of carbonyl (C=O) groups is 3. The fourth-order valence-corrected chi connectivity index (χ4v) is 4.75. The number of amides is 3. The highest BCUT2D eigenvalue weighted by Gasteiger charge is 2.26. The fraction of sp³-hybridized carbons (Fsp3) is 0.360. The van der Waals surface area contributed by atoms with Gasteiger partial charge in [-0.05, 0) is 55.0 Å². The summed E-state index contributed by atoms with van der Waals surface area (Å²) in [6, 6.07) is 13.5. The van der Waals surface area contributed by atoms with Gasteiger partial charge in [0.25, 0.3) is 11.8 Å². The Morgan fingerprint density at radius 2 is 1.88 bits per heavy atom. The normalized spacial score (nSPS) is 19.0. The molecule has 0 unspecified atom stereocenters. The van der Waals surface area contributed by atoms with Gasteiger partial charge in [-0.15, -0.1) is 0 Å². The number of likely N-dealkylation sites (tertiary alicyclic amines) is 1. The Hall–Kier alpha value is -3.68. The van der Waals surface area contributed by atoms with Gasteiger partial charge >= 0.3 is 0 Å². The van der Waals surface area contributed by atoms with Crippen molar-refractivity contribution in [3.05, 3.63) is 71.5 Å². The van der Waals surface area contributed by atoms with Crippen molar-refractivity contribution >= 4 is 23.2 Å². The molecule has 3 amide bonds. The topological polar surface area (TPSA) is 95.8 Å². The second kappa shape index (κ2) is 9.05. The van der Waals surface area contributed by atoms with E-state index in [9.17, 15) is 14.4 Å². The van der Waals surface area contributed by atoms with Gasteiger partial charge in [-0.2, -0.15) is 5.10 Å². The van der Waals surface area contributed by atoms with E-state index in [1.807, 2.05) is 47.5 Å². The number of fused-ring (bicyclic) bond motifs is 1. The molecule has 3 aromatic rings. The summed E-state index contributed by atoms with van der Waals surface area (Å²) in [7, 11) is 0. The number of rotatable bonds is 5. The van der Waals surface area contributed by atoms with E-state index in [1.54, 1.807) is 10.7 Å². The summed E-state index contributed by atoms with van der Waals surface area (Å²) in [4.78, 5) is 38.8. The number of hydrogen-bond donors (Lipinski definition) is 2. The van der Waals surface area contributed by atoms with Gasteiger partial charge in [0.05, 0.1) is 17.3 Å². The van der Waals surface area contributed by atoms with Crippen LogP contribution in [0.15, 0.2) is 54.9 Å². The minimum Gasteiger partial charge on any atom is -0.352 e. The molecule has 1 aromatic carbocycles. The smallest absolute Gasteiger partial charge is 0.255 e. The van der Waals surface area contributed by atoms with Gasteiger partial charge in [0.1, 0.15) is 0 Å². The predicted molar refractivity (Wildman–Crippen MR) is 123 cm³/mol. The average Bonchev–Trinajstić information content (AvgIpc) is 3.48. The molecule has 4 heterocycles. The SMILES string of the molecule is O=C1CC[C@@H](CNC(=O)c2cnn3ccc(C4CCN(C(=O)c5ccccc5)CC4)cc23)N1. The number of hydrogen-bond acceptors (Lipinski definition) is 4. The fourth-order valence-electron chi connectivity index (χ4n) is 4.75. The molecule has 0 aliphatic carbocycles. The minimum atomic E-state index is -0.188. The zero-order chi connectivity index (χ0) is 22.8. The Bertz CT molecular complexity index is 1180. The van der Waals surface area contributed by atoms with Crippen molar-refractivity contribution in [2.75, 3.05) is 19.6 Å². The van der Waals surface area contributed by atoms with Crippen LogP contribution in [0.25, 0.3) is 5.52 Å². The maximum absolute atomic E-state index is 12.8. The van der Waals surface area contributed by atoms with Gasteiger partial charge < -0.3 is 15.5 Å². The number of nitrogens with one attached hydrogen (secondary N) is 2. The third-order valence-electron chi connectivity index (χ3n) is 6.66. The zero-order valence-corrected chi connectivity index (χ0v) is 18.4. The van der Waals surface area contributed by atoms with Crippen LogP contribution in [0.3, 0.4) is 0 Å². The predicted octanol–water partition coefficient (Wildman–Crippen LogP) is 2.36. The molecule has 8 heteroatoms. The van der Waals surface area contributed by atoms with Crippen LogP contribution in [0.1, 0.15) is 57.9 Å². The Kier molecular flexibility index (Phi) is 5.81. The molecule has 2 aromatic heterocycles. The van der Waals surface area contributed by atoms with Crippen molar-refractivity contribution in [3.63, 3.8) is 0 Å². The van der Waals surface area contributed by atoms with Crippen LogP contribution in [-0.2, 0) is 4.79 Å².